The molecular formula is C16H11F5N2OS. The second-order valence-corrected chi connectivity index (χ2v) is 7.22. The van der Waals surface area contributed by atoms with Crippen molar-refractivity contribution in [3.05, 3.63) is 46.5 Å². The standard InChI is InChI=1S/C16H11F5N2OS/c17-15(18)10-6-23(7-11(10)15)14-22-5-12(25-14)13(24)8-2-1-3-9(4-8)16(19,20)21/h1-5,10-11H,6-7H2. The van der Waals surface area contributed by atoms with E-state index in [9.17, 15) is 26.7 Å². The first kappa shape index (κ1) is 16.4. The molecule has 0 radical (unpaired) electrons. The number of nitrogens with zero attached hydrogens (tertiary/aromatic N) is 2. The third kappa shape index (κ3) is 2.70. The number of rotatable bonds is 3. The van der Waals surface area contributed by atoms with Crippen LogP contribution in [0, 0.1) is 11.8 Å². The zero-order valence-corrected chi connectivity index (χ0v) is 13.4. The predicted octanol–water partition coefficient (Wildman–Crippen LogP) is 4.09. The summed E-state index contributed by atoms with van der Waals surface area (Å²) in [5.74, 6) is -4.51. The number of piperidine rings is 1. The number of halogens is 5. The second kappa shape index (κ2) is 5.23. The summed E-state index contributed by atoms with van der Waals surface area (Å²) in [5, 5.41) is 0.443. The quantitative estimate of drug-likeness (QED) is 0.599. The molecule has 0 amide bonds. The fourth-order valence-corrected chi connectivity index (χ4v) is 4.06. The molecule has 1 aromatic heterocycles. The Morgan fingerprint density at radius 2 is 1.92 bits per heavy atom. The van der Waals surface area contributed by atoms with Crippen LogP contribution < -0.4 is 4.90 Å². The number of fused-ring (bicyclic) bond motifs is 1. The molecule has 9 heteroatoms. The van der Waals surface area contributed by atoms with Crippen LogP contribution in [0.1, 0.15) is 20.8 Å². The third-order valence-electron chi connectivity index (χ3n) is 4.64. The molecular weight excluding hydrogens is 363 g/mol. The topological polar surface area (TPSA) is 33.2 Å². The molecule has 1 saturated carbocycles. The van der Waals surface area contributed by atoms with Crippen molar-refractivity contribution in [2.75, 3.05) is 18.0 Å². The van der Waals surface area contributed by atoms with Crippen molar-refractivity contribution in [3.63, 3.8) is 0 Å². The number of hydrogen-bond donors (Lipinski definition) is 0. The lowest BCUT2D eigenvalue weighted by Crippen LogP contribution is -2.27. The summed E-state index contributed by atoms with van der Waals surface area (Å²) in [6.45, 7) is 0.366. The second-order valence-electron chi connectivity index (χ2n) is 6.21. The molecule has 4 rings (SSSR count). The van der Waals surface area contributed by atoms with Gasteiger partial charge in [0.15, 0.2) is 5.13 Å². The first-order chi connectivity index (χ1) is 11.7. The Balaban J connectivity index is 1.52. The Bertz CT molecular complexity index is 833. The van der Waals surface area contributed by atoms with Gasteiger partial charge in [-0.3, -0.25) is 4.79 Å². The molecule has 1 aliphatic carbocycles. The molecule has 3 nitrogen and oxygen atoms in total. The first-order valence-corrected chi connectivity index (χ1v) is 8.30. The molecule has 2 aliphatic rings. The van der Waals surface area contributed by atoms with Crippen molar-refractivity contribution >= 4 is 22.3 Å². The molecule has 2 aromatic rings. The number of carbonyl (C=O) groups is 1. The summed E-state index contributed by atoms with van der Waals surface area (Å²) in [4.78, 5) is 18.3. The molecule has 2 heterocycles. The number of thiazole rings is 1. The normalized spacial score (nSPS) is 24.3. The maximum Gasteiger partial charge on any atom is 0.416 e. The fourth-order valence-electron chi connectivity index (χ4n) is 3.16. The van der Waals surface area contributed by atoms with Crippen LogP contribution in [0.5, 0.6) is 0 Å². The van der Waals surface area contributed by atoms with E-state index in [-0.39, 0.29) is 23.5 Å². The Kier molecular flexibility index (Phi) is 3.44. The monoisotopic (exact) mass is 374 g/mol. The highest BCUT2D eigenvalue weighted by molar-refractivity contribution is 7.17. The lowest BCUT2D eigenvalue weighted by atomic mass is 10.1. The van der Waals surface area contributed by atoms with Crippen LogP contribution in [0.3, 0.4) is 0 Å². The van der Waals surface area contributed by atoms with Gasteiger partial charge < -0.3 is 4.90 Å². The number of hydrogen-bond acceptors (Lipinski definition) is 4. The molecule has 0 spiro atoms. The Hall–Kier alpha value is -2.03. The summed E-state index contributed by atoms with van der Waals surface area (Å²) in [6.07, 6.45) is -3.25. The van der Waals surface area contributed by atoms with Crippen molar-refractivity contribution in [2.24, 2.45) is 11.8 Å². The molecule has 25 heavy (non-hydrogen) atoms. The summed E-state index contributed by atoms with van der Waals surface area (Å²) in [7, 11) is 0. The van der Waals surface area contributed by atoms with Crippen LogP contribution >= 0.6 is 11.3 Å². The van der Waals surface area contributed by atoms with Gasteiger partial charge in [0.25, 0.3) is 5.92 Å². The highest BCUT2D eigenvalue weighted by Gasteiger charge is 2.71. The fraction of sp³-hybridized carbons (Fsp3) is 0.375. The smallest absolute Gasteiger partial charge is 0.347 e. The van der Waals surface area contributed by atoms with E-state index in [1.807, 2.05) is 0 Å². The molecule has 132 valence electrons. The van der Waals surface area contributed by atoms with Gasteiger partial charge in [-0.25, -0.2) is 13.8 Å². The van der Waals surface area contributed by atoms with Crippen LogP contribution in [0.2, 0.25) is 0 Å². The lowest BCUT2D eigenvalue weighted by molar-refractivity contribution is -0.137. The Morgan fingerprint density at radius 3 is 2.56 bits per heavy atom. The van der Waals surface area contributed by atoms with Gasteiger partial charge in [0.05, 0.1) is 28.5 Å². The van der Waals surface area contributed by atoms with Crippen molar-refractivity contribution in [1.82, 2.24) is 4.98 Å². The molecule has 1 aliphatic heterocycles. The van der Waals surface area contributed by atoms with E-state index in [0.29, 0.717) is 5.13 Å². The zero-order chi connectivity index (χ0) is 18.0. The van der Waals surface area contributed by atoms with E-state index < -0.39 is 35.3 Å². The van der Waals surface area contributed by atoms with Crippen LogP contribution in [0.15, 0.2) is 30.5 Å². The Morgan fingerprint density at radius 1 is 1.24 bits per heavy atom. The van der Waals surface area contributed by atoms with Crippen molar-refractivity contribution < 1.29 is 26.7 Å². The van der Waals surface area contributed by atoms with Crippen molar-refractivity contribution in [3.8, 4) is 0 Å². The lowest BCUT2D eigenvalue weighted by Gasteiger charge is -2.18. The highest BCUT2D eigenvalue weighted by Crippen LogP contribution is 2.59. The molecule has 1 saturated heterocycles. The van der Waals surface area contributed by atoms with Crippen LogP contribution in [-0.2, 0) is 6.18 Å². The summed E-state index contributed by atoms with van der Waals surface area (Å²) in [5.41, 5.74) is -0.981. The first-order valence-electron chi connectivity index (χ1n) is 7.48. The van der Waals surface area contributed by atoms with Gasteiger partial charge in [-0.1, -0.05) is 23.5 Å². The van der Waals surface area contributed by atoms with E-state index in [4.69, 9.17) is 0 Å². The van der Waals surface area contributed by atoms with E-state index in [2.05, 4.69) is 4.98 Å². The average Bonchev–Trinajstić information content (AvgIpc) is 3.05. The van der Waals surface area contributed by atoms with Crippen LogP contribution in [0.4, 0.5) is 27.1 Å². The van der Waals surface area contributed by atoms with E-state index in [0.717, 1.165) is 23.5 Å². The predicted molar refractivity (Wildman–Crippen MR) is 81.1 cm³/mol. The number of alkyl halides is 5. The molecule has 1 aromatic carbocycles. The molecule has 2 fully saturated rings. The van der Waals surface area contributed by atoms with Crippen LogP contribution in [0.25, 0.3) is 0 Å². The summed E-state index contributed by atoms with van der Waals surface area (Å²) in [6, 6.07) is 4.18. The number of ketones is 1. The SMILES string of the molecule is O=C(c1cccc(C(F)(F)F)c1)c1cnc(N2CC3C(C2)C3(F)F)s1. The van der Waals surface area contributed by atoms with Gasteiger partial charge in [0.1, 0.15) is 0 Å². The summed E-state index contributed by atoms with van der Waals surface area (Å²) < 4.78 is 64.7. The van der Waals surface area contributed by atoms with E-state index in [1.54, 1.807) is 4.90 Å². The van der Waals surface area contributed by atoms with Gasteiger partial charge in [0, 0.05) is 18.7 Å². The van der Waals surface area contributed by atoms with Gasteiger partial charge in [-0.05, 0) is 12.1 Å². The van der Waals surface area contributed by atoms with Crippen molar-refractivity contribution in [1.29, 1.82) is 0 Å². The van der Waals surface area contributed by atoms with Crippen molar-refractivity contribution in [2.45, 2.75) is 12.1 Å². The average molecular weight is 374 g/mol. The minimum absolute atomic E-state index is 0.0826. The van der Waals surface area contributed by atoms with E-state index >= 15 is 0 Å². The molecule has 2 unspecified atom stereocenters. The highest BCUT2D eigenvalue weighted by atomic mass is 32.1. The number of benzene rings is 1. The largest absolute Gasteiger partial charge is 0.416 e. The van der Waals surface area contributed by atoms with Gasteiger partial charge in [-0.2, -0.15) is 13.2 Å². The number of carbonyl (C=O) groups excluding carboxylic acids is 1. The maximum absolute atomic E-state index is 13.2. The van der Waals surface area contributed by atoms with Gasteiger partial charge in [0.2, 0.25) is 5.78 Å². The minimum atomic E-state index is -4.53. The van der Waals surface area contributed by atoms with Crippen LogP contribution in [-0.4, -0.2) is 29.8 Å². The minimum Gasteiger partial charge on any atom is -0.347 e. The van der Waals surface area contributed by atoms with Gasteiger partial charge >= 0.3 is 6.18 Å². The van der Waals surface area contributed by atoms with Gasteiger partial charge in [-0.15, -0.1) is 0 Å². The summed E-state index contributed by atoms with van der Waals surface area (Å²) >= 11 is 1.01. The molecule has 0 bridgehead atoms. The number of anilines is 1. The molecule has 0 N–H and O–H groups in total. The number of aromatic nitrogens is 1. The maximum atomic E-state index is 13.2. The van der Waals surface area contributed by atoms with E-state index in [1.165, 1.54) is 18.3 Å². The Labute approximate surface area is 143 Å². The third-order valence-corrected chi connectivity index (χ3v) is 5.70. The molecule has 2 atom stereocenters. The zero-order valence-electron chi connectivity index (χ0n) is 12.6.